The fourth-order valence-corrected chi connectivity index (χ4v) is 4.07. The summed E-state index contributed by atoms with van der Waals surface area (Å²) in [7, 11) is 2.02. The van der Waals surface area contributed by atoms with Crippen LogP contribution in [0.15, 0.2) is 35.1 Å². The van der Waals surface area contributed by atoms with Crippen LogP contribution in [0.1, 0.15) is 35.5 Å². The number of anilines is 1. The Bertz CT molecular complexity index is 812. The molecule has 1 aromatic carbocycles. The minimum absolute atomic E-state index is 0.0992. The third-order valence-electron chi connectivity index (χ3n) is 5.87. The van der Waals surface area contributed by atoms with Crippen LogP contribution in [0, 0.1) is 12.7 Å². The molecule has 1 amide bonds. The molecular formula is C20H24FN3O3. The maximum Gasteiger partial charge on any atom is 0.291 e. The van der Waals surface area contributed by atoms with E-state index in [4.69, 9.17) is 9.15 Å². The Morgan fingerprint density at radius 2 is 2.00 bits per heavy atom. The first kappa shape index (κ1) is 18.0. The van der Waals surface area contributed by atoms with Gasteiger partial charge >= 0.3 is 0 Å². The van der Waals surface area contributed by atoms with Crippen molar-refractivity contribution in [3.63, 3.8) is 0 Å². The number of hydrogen-bond donors (Lipinski definition) is 0. The highest BCUT2D eigenvalue weighted by Crippen LogP contribution is 2.38. The number of oxazole rings is 1. The second-order valence-electron chi connectivity index (χ2n) is 7.50. The smallest absolute Gasteiger partial charge is 0.291 e. The summed E-state index contributed by atoms with van der Waals surface area (Å²) < 4.78 is 24.6. The zero-order valence-electron chi connectivity index (χ0n) is 15.7. The number of aromatic nitrogens is 1. The first-order valence-corrected chi connectivity index (χ1v) is 9.29. The van der Waals surface area contributed by atoms with E-state index in [9.17, 15) is 9.18 Å². The number of ether oxygens (including phenoxy) is 1. The van der Waals surface area contributed by atoms with E-state index < -0.39 is 0 Å². The van der Waals surface area contributed by atoms with E-state index in [1.807, 2.05) is 11.9 Å². The van der Waals surface area contributed by atoms with E-state index in [1.165, 1.54) is 18.5 Å². The number of halogens is 1. The average molecular weight is 373 g/mol. The van der Waals surface area contributed by atoms with Crippen LogP contribution >= 0.6 is 0 Å². The average Bonchev–Trinajstić information content (AvgIpc) is 3.29. The summed E-state index contributed by atoms with van der Waals surface area (Å²) in [5, 5.41) is 0. The number of carbonyl (C=O) groups is 1. The summed E-state index contributed by atoms with van der Waals surface area (Å²) in [5.74, 6) is -0.00429. The molecule has 1 atom stereocenters. The van der Waals surface area contributed by atoms with E-state index in [0.717, 1.165) is 24.9 Å². The van der Waals surface area contributed by atoms with Crippen molar-refractivity contribution >= 4 is 11.6 Å². The van der Waals surface area contributed by atoms with Gasteiger partial charge in [-0.3, -0.25) is 4.79 Å². The molecule has 0 saturated carbocycles. The van der Waals surface area contributed by atoms with Gasteiger partial charge in [0.05, 0.1) is 23.9 Å². The van der Waals surface area contributed by atoms with Gasteiger partial charge in [0.25, 0.3) is 5.91 Å². The standard InChI is InChI=1S/C20H24FN3O3/c1-14-18(26-13-22-14)19(25)24-9-7-20(8-10-24)11-17(12-27-20)23(2)16-5-3-15(21)4-6-16/h3-6,13,17H,7-12H2,1-2H3. The topological polar surface area (TPSA) is 58.8 Å². The third-order valence-corrected chi connectivity index (χ3v) is 5.87. The van der Waals surface area contributed by atoms with Crippen molar-refractivity contribution in [1.29, 1.82) is 0 Å². The van der Waals surface area contributed by atoms with Crippen molar-refractivity contribution < 1.29 is 18.3 Å². The molecule has 0 radical (unpaired) electrons. The number of benzene rings is 1. The van der Waals surface area contributed by atoms with Crippen LogP contribution in [-0.2, 0) is 4.74 Å². The maximum atomic E-state index is 13.2. The minimum atomic E-state index is -0.231. The molecule has 3 heterocycles. The number of hydrogen-bond acceptors (Lipinski definition) is 5. The monoisotopic (exact) mass is 373 g/mol. The predicted octanol–water partition coefficient (Wildman–Crippen LogP) is 3.02. The second-order valence-corrected chi connectivity index (χ2v) is 7.50. The molecule has 2 aliphatic heterocycles. The van der Waals surface area contributed by atoms with Crippen molar-refractivity contribution in [1.82, 2.24) is 9.88 Å². The van der Waals surface area contributed by atoms with Gasteiger partial charge in [0.15, 0.2) is 6.39 Å². The number of aryl methyl sites for hydroxylation is 1. The van der Waals surface area contributed by atoms with Crippen molar-refractivity contribution in [3.8, 4) is 0 Å². The molecule has 2 saturated heterocycles. The van der Waals surface area contributed by atoms with Gasteiger partial charge in [-0.25, -0.2) is 9.37 Å². The number of piperidine rings is 1. The molecule has 0 aliphatic carbocycles. The molecule has 7 heteroatoms. The quantitative estimate of drug-likeness (QED) is 0.828. The van der Waals surface area contributed by atoms with Crippen molar-refractivity contribution in [3.05, 3.63) is 47.9 Å². The Balaban J connectivity index is 1.37. The first-order valence-electron chi connectivity index (χ1n) is 9.29. The van der Waals surface area contributed by atoms with E-state index >= 15 is 0 Å². The van der Waals surface area contributed by atoms with Gasteiger partial charge in [0, 0.05) is 25.8 Å². The highest BCUT2D eigenvalue weighted by atomic mass is 19.1. The SMILES string of the molecule is Cc1ncoc1C(=O)N1CCC2(CC1)CC(N(C)c1ccc(F)cc1)CO2. The highest BCUT2D eigenvalue weighted by Gasteiger charge is 2.45. The fourth-order valence-electron chi connectivity index (χ4n) is 4.07. The number of likely N-dealkylation sites (N-methyl/N-ethyl adjacent to an activating group) is 1. The summed E-state index contributed by atoms with van der Waals surface area (Å²) >= 11 is 0. The zero-order valence-corrected chi connectivity index (χ0v) is 15.7. The summed E-state index contributed by atoms with van der Waals surface area (Å²) in [6, 6.07) is 6.79. The number of amides is 1. The first-order chi connectivity index (χ1) is 13.0. The lowest BCUT2D eigenvalue weighted by Gasteiger charge is -2.38. The van der Waals surface area contributed by atoms with Crippen molar-refractivity contribution in [2.75, 3.05) is 31.6 Å². The summed E-state index contributed by atoms with van der Waals surface area (Å²) in [6.07, 6.45) is 3.83. The van der Waals surface area contributed by atoms with Crippen LogP contribution in [0.2, 0.25) is 0 Å². The molecule has 144 valence electrons. The normalized spacial score (nSPS) is 21.6. The Kier molecular flexibility index (Phi) is 4.63. The molecule has 2 aromatic rings. The molecule has 1 unspecified atom stereocenters. The number of carbonyl (C=O) groups excluding carboxylic acids is 1. The number of nitrogens with zero attached hydrogens (tertiary/aromatic N) is 3. The van der Waals surface area contributed by atoms with E-state index in [1.54, 1.807) is 19.1 Å². The second kappa shape index (κ2) is 6.96. The van der Waals surface area contributed by atoms with Crippen molar-refractivity contribution in [2.45, 2.75) is 37.8 Å². The lowest BCUT2D eigenvalue weighted by Crippen LogP contribution is -2.47. The summed E-state index contributed by atoms with van der Waals surface area (Å²) in [5.41, 5.74) is 1.42. The summed E-state index contributed by atoms with van der Waals surface area (Å²) in [6.45, 7) is 3.71. The van der Waals surface area contributed by atoms with E-state index in [0.29, 0.717) is 31.2 Å². The molecule has 27 heavy (non-hydrogen) atoms. The molecule has 2 fully saturated rings. The largest absolute Gasteiger partial charge is 0.438 e. The zero-order chi connectivity index (χ0) is 19.0. The summed E-state index contributed by atoms with van der Waals surface area (Å²) in [4.78, 5) is 20.6. The van der Waals surface area contributed by atoms with Crippen LogP contribution in [0.3, 0.4) is 0 Å². The van der Waals surface area contributed by atoms with Crippen molar-refractivity contribution in [2.24, 2.45) is 0 Å². The Morgan fingerprint density at radius 3 is 2.63 bits per heavy atom. The maximum absolute atomic E-state index is 13.2. The van der Waals surface area contributed by atoms with Crippen LogP contribution in [0.4, 0.5) is 10.1 Å². The van der Waals surface area contributed by atoms with Crippen LogP contribution in [0.25, 0.3) is 0 Å². The molecular weight excluding hydrogens is 349 g/mol. The Morgan fingerprint density at radius 1 is 1.30 bits per heavy atom. The Labute approximate surface area is 157 Å². The van der Waals surface area contributed by atoms with Gasteiger partial charge < -0.3 is 19.0 Å². The van der Waals surface area contributed by atoms with Gasteiger partial charge in [0.1, 0.15) is 5.82 Å². The lowest BCUT2D eigenvalue weighted by atomic mass is 9.87. The molecule has 0 N–H and O–H groups in total. The molecule has 1 spiro atoms. The van der Waals surface area contributed by atoms with Gasteiger partial charge in [-0.2, -0.15) is 0 Å². The van der Waals surface area contributed by atoms with Gasteiger partial charge in [-0.05, 0) is 50.5 Å². The van der Waals surface area contributed by atoms with Gasteiger partial charge in [-0.1, -0.05) is 0 Å². The predicted molar refractivity (Wildman–Crippen MR) is 98.3 cm³/mol. The lowest BCUT2D eigenvalue weighted by molar-refractivity contribution is -0.0392. The molecule has 2 aliphatic rings. The van der Waals surface area contributed by atoms with Gasteiger partial charge in [0.2, 0.25) is 5.76 Å². The number of rotatable bonds is 3. The van der Waals surface area contributed by atoms with Crippen LogP contribution in [-0.4, -0.2) is 54.2 Å². The highest BCUT2D eigenvalue weighted by molar-refractivity contribution is 5.92. The molecule has 1 aromatic heterocycles. The van der Waals surface area contributed by atoms with E-state index in [-0.39, 0.29) is 23.4 Å². The van der Waals surface area contributed by atoms with Crippen LogP contribution < -0.4 is 4.90 Å². The molecule has 6 nitrogen and oxygen atoms in total. The number of likely N-dealkylation sites (tertiary alicyclic amines) is 1. The third kappa shape index (κ3) is 3.43. The fraction of sp³-hybridized carbons (Fsp3) is 0.500. The molecule has 4 rings (SSSR count). The minimum Gasteiger partial charge on any atom is -0.438 e. The van der Waals surface area contributed by atoms with Gasteiger partial charge in [-0.15, -0.1) is 0 Å². The van der Waals surface area contributed by atoms with E-state index in [2.05, 4.69) is 9.88 Å². The van der Waals surface area contributed by atoms with Crippen LogP contribution in [0.5, 0.6) is 0 Å². The molecule has 0 bridgehead atoms. The Hall–Kier alpha value is -2.41.